The molecule has 0 unspecified atom stereocenters. The first-order valence-corrected chi connectivity index (χ1v) is 9.42. The maximum Gasteiger partial charge on any atom is 0.267 e. The minimum atomic E-state index is -0.214. The van der Waals surface area contributed by atoms with E-state index in [1.54, 1.807) is 21.7 Å². The summed E-state index contributed by atoms with van der Waals surface area (Å²) in [6.45, 7) is 5.67. The zero-order valence-corrected chi connectivity index (χ0v) is 15.7. The predicted molar refractivity (Wildman–Crippen MR) is 103 cm³/mol. The van der Waals surface area contributed by atoms with E-state index in [0.29, 0.717) is 36.3 Å². The quantitative estimate of drug-likeness (QED) is 0.706. The lowest BCUT2D eigenvalue weighted by molar-refractivity contribution is 0.0721. The second kappa shape index (κ2) is 6.64. The van der Waals surface area contributed by atoms with E-state index in [9.17, 15) is 9.59 Å². The lowest BCUT2D eigenvalue weighted by Gasteiger charge is -2.27. The van der Waals surface area contributed by atoms with Gasteiger partial charge in [-0.15, -0.1) is 0 Å². The summed E-state index contributed by atoms with van der Waals surface area (Å²) in [5, 5.41) is 8.95. The highest BCUT2D eigenvalue weighted by Crippen LogP contribution is 2.15. The summed E-state index contributed by atoms with van der Waals surface area (Å²) in [7, 11) is 0. The third-order valence-electron chi connectivity index (χ3n) is 5.32. The third-order valence-corrected chi connectivity index (χ3v) is 5.32. The summed E-state index contributed by atoms with van der Waals surface area (Å²) < 4.78 is 3.16. The number of pyridine rings is 2. The highest BCUT2D eigenvalue weighted by molar-refractivity contribution is 5.97. The van der Waals surface area contributed by atoms with Crippen LogP contribution in [0.3, 0.4) is 0 Å². The van der Waals surface area contributed by atoms with Gasteiger partial charge in [-0.25, -0.2) is 4.98 Å². The number of nitrogens with zero attached hydrogens (tertiary/aromatic N) is 4. The van der Waals surface area contributed by atoms with Crippen molar-refractivity contribution in [3.05, 3.63) is 51.4 Å². The van der Waals surface area contributed by atoms with Crippen molar-refractivity contribution in [1.82, 2.24) is 18.9 Å². The van der Waals surface area contributed by atoms with E-state index in [0.717, 1.165) is 24.8 Å². The van der Waals surface area contributed by atoms with Crippen LogP contribution in [-0.2, 0) is 6.54 Å². The molecule has 7 nitrogen and oxygen atoms in total. The number of piperidine rings is 1. The SMILES string of the molecule is CCn1c(=N)c(C(=O)N2CCCCC2)cc2c(=O)n3cccc(C)c3nc21. The van der Waals surface area contributed by atoms with Gasteiger partial charge in [-0.3, -0.25) is 19.4 Å². The number of likely N-dealkylation sites (tertiary alicyclic amines) is 1. The summed E-state index contributed by atoms with van der Waals surface area (Å²) in [6, 6.07) is 5.27. The van der Waals surface area contributed by atoms with Crippen LogP contribution in [0, 0.1) is 12.3 Å². The van der Waals surface area contributed by atoms with Crippen molar-refractivity contribution in [1.29, 1.82) is 5.41 Å². The van der Waals surface area contributed by atoms with E-state index in [1.807, 2.05) is 26.0 Å². The summed E-state index contributed by atoms with van der Waals surface area (Å²) in [5.74, 6) is -0.169. The van der Waals surface area contributed by atoms with Gasteiger partial charge in [0.1, 0.15) is 16.8 Å². The van der Waals surface area contributed by atoms with Gasteiger partial charge >= 0.3 is 0 Å². The van der Waals surface area contributed by atoms with E-state index in [4.69, 9.17) is 5.41 Å². The molecule has 3 aromatic rings. The van der Waals surface area contributed by atoms with Crippen molar-refractivity contribution in [2.45, 2.75) is 39.7 Å². The molecule has 4 rings (SSSR count). The molecule has 0 saturated carbocycles. The molecule has 0 radical (unpaired) electrons. The van der Waals surface area contributed by atoms with Gasteiger partial charge in [-0.1, -0.05) is 6.07 Å². The number of amides is 1. The number of hydrogen-bond acceptors (Lipinski definition) is 4. The maximum absolute atomic E-state index is 13.1. The summed E-state index contributed by atoms with van der Waals surface area (Å²) in [5.41, 5.74) is 2.10. The van der Waals surface area contributed by atoms with Gasteiger partial charge in [0.2, 0.25) is 0 Å². The van der Waals surface area contributed by atoms with Gasteiger partial charge in [0.05, 0.1) is 10.9 Å². The summed E-state index contributed by atoms with van der Waals surface area (Å²) in [6.07, 6.45) is 4.78. The average Bonchev–Trinajstić information content (AvgIpc) is 2.69. The van der Waals surface area contributed by atoms with Crippen LogP contribution in [0.4, 0.5) is 0 Å². The minimum Gasteiger partial charge on any atom is -0.339 e. The lowest BCUT2D eigenvalue weighted by Crippen LogP contribution is -2.40. The number of carbonyl (C=O) groups is 1. The molecule has 0 spiro atoms. The predicted octanol–water partition coefficient (Wildman–Crippen LogP) is 2.08. The number of aromatic nitrogens is 3. The van der Waals surface area contributed by atoms with Crippen LogP contribution >= 0.6 is 0 Å². The number of carbonyl (C=O) groups excluding carboxylic acids is 1. The van der Waals surface area contributed by atoms with Crippen LogP contribution in [0.15, 0.2) is 29.2 Å². The van der Waals surface area contributed by atoms with E-state index < -0.39 is 0 Å². The van der Waals surface area contributed by atoms with Crippen LogP contribution in [-0.4, -0.2) is 37.8 Å². The third kappa shape index (κ3) is 2.74. The number of hydrogen-bond donors (Lipinski definition) is 1. The molecule has 3 aromatic heterocycles. The van der Waals surface area contributed by atoms with Crippen LogP contribution in [0.2, 0.25) is 0 Å². The molecule has 4 heterocycles. The van der Waals surface area contributed by atoms with E-state index >= 15 is 0 Å². The van der Waals surface area contributed by atoms with Crippen molar-refractivity contribution in [3.63, 3.8) is 0 Å². The monoisotopic (exact) mass is 365 g/mol. The first-order valence-electron chi connectivity index (χ1n) is 9.42. The summed E-state index contributed by atoms with van der Waals surface area (Å²) >= 11 is 0. The Bertz CT molecular complexity index is 1170. The van der Waals surface area contributed by atoms with Crippen molar-refractivity contribution in [2.75, 3.05) is 13.1 Å². The van der Waals surface area contributed by atoms with Gasteiger partial charge in [-0.2, -0.15) is 0 Å². The fraction of sp³-hybridized carbons (Fsp3) is 0.400. The molecule has 140 valence electrons. The fourth-order valence-corrected chi connectivity index (χ4v) is 3.83. The molecule has 1 amide bonds. The van der Waals surface area contributed by atoms with Crippen LogP contribution in [0.25, 0.3) is 16.7 Å². The number of aryl methyl sites for hydroxylation is 2. The highest BCUT2D eigenvalue weighted by Gasteiger charge is 2.22. The second-order valence-electron chi connectivity index (χ2n) is 7.04. The fourth-order valence-electron chi connectivity index (χ4n) is 3.83. The van der Waals surface area contributed by atoms with E-state index in [1.165, 1.54) is 4.40 Å². The standard InChI is InChI=1S/C20H23N5O2/c1-3-24-16(21)14(19(26)23-9-5-4-6-10-23)12-15-18(24)22-17-13(2)8-7-11-25(17)20(15)27/h7-8,11-12,21H,3-6,9-10H2,1-2H3. The molecule has 27 heavy (non-hydrogen) atoms. The molecule has 0 atom stereocenters. The number of rotatable bonds is 2. The second-order valence-corrected chi connectivity index (χ2v) is 7.04. The first kappa shape index (κ1) is 17.5. The smallest absolute Gasteiger partial charge is 0.267 e. The zero-order valence-electron chi connectivity index (χ0n) is 15.7. The molecule has 7 heteroatoms. The number of fused-ring (bicyclic) bond motifs is 2. The molecular formula is C20H23N5O2. The molecule has 1 aliphatic rings. The van der Waals surface area contributed by atoms with Crippen molar-refractivity contribution in [3.8, 4) is 0 Å². The van der Waals surface area contributed by atoms with E-state index in [-0.39, 0.29) is 22.5 Å². The van der Waals surface area contributed by atoms with Gasteiger partial charge in [0.25, 0.3) is 11.5 Å². The molecule has 1 saturated heterocycles. The van der Waals surface area contributed by atoms with Crippen LogP contribution in [0.1, 0.15) is 42.1 Å². The Kier molecular flexibility index (Phi) is 4.30. The molecular weight excluding hydrogens is 342 g/mol. The van der Waals surface area contributed by atoms with Crippen molar-refractivity contribution in [2.24, 2.45) is 0 Å². The Hall–Kier alpha value is -2.96. The van der Waals surface area contributed by atoms with Crippen LogP contribution < -0.4 is 11.0 Å². The highest BCUT2D eigenvalue weighted by atomic mass is 16.2. The molecule has 0 bridgehead atoms. The molecule has 1 N–H and O–H groups in total. The topological polar surface area (TPSA) is 83.5 Å². The van der Waals surface area contributed by atoms with Crippen molar-refractivity contribution < 1.29 is 4.79 Å². The Labute approximate surface area is 156 Å². The maximum atomic E-state index is 13.1. The van der Waals surface area contributed by atoms with Crippen LogP contribution in [0.5, 0.6) is 0 Å². The number of nitrogens with one attached hydrogen (secondary N) is 1. The average molecular weight is 365 g/mol. The van der Waals surface area contributed by atoms with Gasteiger partial charge in [0.15, 0.2) is 0 Å². The summed E-state index contributed by atoms with van der Waals surface area (Å²) in [4.78, 5) is 32.6. The van der Waals surface area contributed by atoms with E-state index in [2.05, 4.69) is 4.98 Å². The first-order chi connectivity index (χ1) is 13.0. The Morgan fingerprint density at radius 2 is 1.96 bits per heavy atom. The lowest BCUT2D eigenvalue weighted by atomic mass is 10.1. The molecule has 0 aliphatic carbocycles. The normalized spacial score (nSPS) is 14.8. The Balaban J connectivity index is 2.02. The van der Waals surface area contributed by atoms with Crippen molar-refractivity contribution >= 4 is 22.6 Å². The molecule has 1 fully saturated rings. The Morgan fingerprint density at radius 1 is 1.22 bits per heavy atom. The molecule has 0 aromatic carbocycles. The Morgan fingerprint density at radius 3 is 2.67 bits per heavy atom. The minimum absolute atomic E-state index is 0.116. The molecule has 1 aliphatic heterocycles. The van der Waals surface area contributed by atoms with Gasteiger partial charge in [0, 0.05) is 25.8 Å². The largest absolute Gasteiger partial charge is 0.339 e. The van der Waals surface area contributed by atoms with Gasteiger partial charge < -0.3 is 9.47 Å². The van der Waals surface area contributed by atoms with Gasteiger partial charge in [-0.05, 0) is 50.8 Å². The zero-order chi connectivity index (χ0) is 19.1.